The smallest absolute Gasteiger partial charge is 0.303 e. The van der Waals surface area contributed by atoms with Gasteiger partial charge in [-0.25, -0.2) is 0 Å². The minimum absolute atomic E-state index is 0.142. The molecule has 0 saturated carbocycles. The maximum Gasteiger partial charge on any atom is 0.303 e. The Morgan fingerprint density at radius 2 is 2.33 bits per heavy atom. The predicted octanol–water partition coefficient (Wildman–Crippen LogP) is 1.05. The fourth-order valence-corrected chi connectivity index (χ4v) is 1.46. The van der Waals surface area contributed by atoms with Gasteiger partial charge in [-0.1, -0.05) is 0 Å². The molecule has 2 heterocycles. The van der Waals surface area contributed by atoms with Crippen molar-refractivity contribution in [1.29, 1.82) is 0 Å². The summed E-state index contributed by atoms with van der Waals surface area (Å²) in [6.45, 7) is 1.87. The highest BCUT2D eigenvalue weighted by molar-refractivity contribution is 5.67. The molecule has 0 unspecified atom stereocenters. The molecule has 2 rings (SSSR count). The molecule has 0 aliphatic carbocycles. The van der Waals surface area contributed by atoms with Crippen LogP contribution in [-0.4, -0.2) is 25.7 Å². The molecule has 0 radical (unpaired) electrons. The van der Waals surface area contributed by atoms with Gasteiger partial charge in [0, 0.05) is 12.6 Å². The van der Waals surface area contributed by atoms with Gasteiger partial charge in [-0.3, -0.25) is 9.20 Å². The predicted molar refractivity (Wildman–Crippen MR) is 53.7 cm³/mol. The number of rotatable bonds is 3. The molecule has 2 aromatic rings. The summed E-state index contributed by atoms with van der Waals surface area (Å²) in [5.74, 6) is 0.0438. The number of aliphatic carboxylic acids is 1. The summed E-state index contributed by atoms with van der Waals surface area (Å²) in [5.41, 5.74) is 1.73. The van der Waals surface area contributed by atoms with Crippen molar-refractivity contribution >= 4 is 11.6 Å². The van der Waals surface area contributed by atoms with Gasteiger partial charge in [0.05, 0.1) is 0 Å². The van der Waals surface area contributed by atoms with Crippen molar-refractivity contribution in [3.8, 4) is 0 Å². The Labute approximate surface area is 86.4 Å². The molecule has 0 amide bonds. The molecule has 0 fully saturated rings. The Balaban J connectivity index is 2.27. The minimum Gasteiger partial charge on any atom is -0.481 e. The number of carbonyl (C=O) groups is 1. The van der Waals surface area contributed by atoms with Gasteiger partial charge in [0.1, 0.15) is 5.82 Å². The minimum atomic E-state index is -0.785. The molecular formula is C10H11N3O2. The Hall–Kier alpha value is -1.91. The first-order chi connectivity index (χ1) is 7.16. The van der Waals surface area contributed by atoms with Crippen molar-refractivity contribution in [3.05, 3.63) is 29.7 Å². The van der Waals surface area contributed by atoms with Crippen molar-refractivity contribution in [3.63, 3.8) is 0 Å². The molecule has 0 bridgehead atoms. The molecule has 5 heteroatoms. The van der Waals surface area contributed by atoms with Crippen LogP contribution in [0.4, 0.5) is 0 Å². The van der Waals surface area contributed by atoms with Crippen molar-refractivity contribution < 1.29 is 9.90 Å². The normalized spacial score (nSPS) is 10.7. The molecule has 0 saturated heterocycles. The average Bonchev–Trinajstić information content (AvgIpc) is 2.57. The monoisotopic (exact) mass is 205 g/mol. The highest BCUT2D eigenvalue weighted by Gasteiger charge is 2.03. The molecule has 0 aliphatic rings. The van der Waals surface area contributed by atoms with Crippen LogP contribution in [-0.2, 0) is 11.2 Å². The van der Waals surface area contributed by atoms with Crippen LogP contribution in [0.25, 0.3) is 5.65 Å². The third-order valence-electron chi connectivity index (χ3n) is 2.27. The van der Waals surface area contributed by atoms with Crippen LogP contribution < -0.4 is 0 Å². The van der Waals surface area contributed by atoms with Crippen LogP contribution in [0.2, 0.25) is 0 Å². The first kappa shape index (κ1) is 9.64. The summed E-state index contributed by atoms with van der Waals surface area (Å²) in [6, 6.07) is 3.76. The van der Waals surface area contributed by atoms with E-state index in [0.29, 0.717) is 6.42 Å². The molecule has 15 heavy (non-hydrogen) atoms. The first-order valence-corrected chi connectivity index (χ1v) is 4.69. The number of pyridine rings is 1. The third kappa shape index (κ3) is 1.96. The van der Waals surface area contributed by atoms with Crippen LogP contribution in [0, 0.1) is 6.92 Å². The van der Waals surface area contributed by atoms with Gasteiger partial charge in [0.2, 0.25) is 0 Å². The topological polar surface area (TPSA) is 67.5 Å². The Morgan fingerprint density at radius 3 is 3.07 bits per heavy atom. The standard InChI is InChI=1S/C10H11N3O2/c1-7-11-12-9-6-8(2-3-10(14)15)4-5-13(7)9/h4-6H,2-3H2,1H3,(H,14,15). The highest BCUT2D eigenvalue weighted by Crippen LogP contribution is 2.08. The molecule has 5 nitrogen and oxygen atoms in total. The maximum atomic E-state index is 10.4. The van der Waals surface area contributed by atoms with Crippen molar-refractivity contribution in [2.45, 2.75) is 19.8 Å². The van der Waals surface area contributed by atoms with Gasteiger partial charge >= 0.3 is 5.97 Å². The van der Waals surface area contributed by atoms with E-state index in [1.807, 2.05) is 29.7 Å². The number of nitrogens with zero attached hydrogens (tertiary/aromatic N) is 3. The zero-order chi connectivity index (χ0) is 10.8. The zero-order valence-corrected chi connectivity index (χ0v) is 8.34. The number of fused-ring (bicyclic) bond motifs is 1. The summed E-state index contributed by atoms with van der Waals surface area (Å²) >= 11 is 0. The maximum absolute atomic E-state index is 10.4. The molecule has 0 aliphatic heterocycles. The van der Waals surface area contributed by atoms with Gasteiger partial charge < -0.3 is 5.11 Å². The lowest BCUT2D eigenvalue weighted by atomic mass is 10.1. The molecule has 78 valence electrons. The van der Waals surface area contributed by atoms with E-state index < -0.39 is 5.97 Å². The van der Waals surface area contributed by atoms with Crippen LogP contribution in [0.3, 0.4) is 0 Å². The average molecular weight is 205 g/mol. The second-order valence-corrected chi connectivity index (χ2v) is 3.40. The van der Waals surface area contributed by atoms with E-state index >= 15 is 0 Å². The molecular weight excluding hydrogens is 194 g/mol. The van der Waals surface area contributed by atoms with Gasteiger partial charge in [0.15, 0.2) is 5.65 Å². The lowest BCUT2D eigenvalue weighted by molar-refractivity contribution is -0.136. The lowest BCUT2D eigenvalue weighted by Crippen LogP contribution is -1.98. The number of hydrogen-bond donors (Lipinski definition) is 1. The molecule has 0 atom stereocenters. The highest BCUT2D eigenvalue weighted by atomic mass is 16.4. The number of aromatic nitrogens is 3. The number of aryl methyl sites for hydroxylation is 2. The first-order valence-electron chi connectivity index (χ1n) is 4.69. The van der Waals surface area contributed by atoms with Gasteiger partial charge in [-0.05, 0) is 31.0 Å². The van der Waals surface area contributed by atoms with Gasteiger partial charge in [0.25, 0.3) is 0 Å². The number of carboxylic acids is 1. The largest absolute Gasteiger partial charge is 0.481 e. The van der Waals surface area contributed by atoms with Crippen LogP contribution in [0.1, 0.15) is 17.8 Å². The summed E-state index contributed by atoms with van der Waals surface area (Å²) < 4.78 is 1.87. The lowest BCUT2D eigenvalue weighted by Gasteiger charge is -1.99. The molecule has 0 spiro atoms. The van der Waals surface area contributed by atoms with Gasteiger partial charge in [-0.15, -0.1) is 10.2 Å². The number of hydrogen-bond acceptors (Lipinski definition) is 3. The fourth-order valence-electron chi connectivity index (χ4n) is 1.46. The SMILES string of the molecule is Cc1nnc2cc(CCC(=O)O)ccn12. The van der Waals surface area contributed by atoms with E-state index in [1.54, 1.807) is 0 Å². The summed E-state index contributed by atoms with van der Waals surface area (Å²) in [4.78, 5) is 10.4. The third-order valence-corrected chi connectivity index (χ3v) is 2.27. The van der Waals surface area contributed by atoms with E-state index in [4.69, 9.17) is 5.11 Å². The summed E-state index contributed by atoms with van der Waals surface area (Å²) in [6.07, 6.45) is 2.53. The van der Waals surface area contributed by atoms with Crippen molar-refractivity contribution in [2.24, 2.45) is 0 Å². The van der Waals surface area contributed by atoms with Gasteiger partial charge in [-0.2, -0.15) is 0 Å². The van der Waals surface area contributed by atoms with E-state index in [0.717, 1.165) is 17.0 Å². The summed E-state index contributed by atoms with van der Waals surface area (Å²) in [7, 11) is 0. The molecule has 2 aromatic heterocycles. The second-order valence-electron chi connectivity index (χ2n) is 3.40. The van der Waals surface area contributed by atoms with E-state index in [2.05, 4.69) is 10.2 Å². The van der Waals surface area contributed by atoms with Crippen LogP contribution in [0.5, 0.6) is 0 Å². The van der Waals surface area contributed by atoms with E-state index in [9.17, 15) is 4.79 Å². The Bertz CT molecular complexity index is 504. The van der Waals surface area contributed by atoms with E-state index in [1.165, 1.54) is 0 Å². The van der Waals surface area contributed by atoms with Crippen LogP contribution >= 0.6 is 0 Å². The number of carboxylic acid groups (broad SMARTS) is 1. The molecule has 1 N–H and O–H groups in total. The summed E-state index contributed by atoms with van der Waals surface area (Å²) in [5, 5.41) is 16.5. The van der Waals surface area contributed by atoms with Crippen molar-refractivity contribution in [2.75, 3.05) is 0 Å². The zero-order valence-electron chi connectivity index (χ0n) is 8.34. The quantitative estimate of drug-likeness (QED) is 0.813. The Kier molecular flexibility index (Phi) is 2.37. The van der Waals surface area contributed by atoms with Crippen LogP contribution in [0.15, 0.2) is 18.3 Å². The second kappa shape index (κ2) is 3.68. The van der Waals surface area contributed by atoms with Crippen molar-refractivity contribution in [1.82, 2.24) is 14.6 Å². The fraction of sp³-hybridized carbons (Fsp3) is 0.300. The Morgan fingerprint density at radius 1 is 1.53 bits per heavy atom. The van der Waals surface area contributed by atoms with E-state index in [-0.39, 0.29) is 6.42 Å². The molecule has 0 aromatic carbocycles.